The Morgan fingerprint density at radius 2 is 0.633 bits per heavy atom. The molecule has 22 rings (SSSR count). The summed E-state index contributed by atoms with van der Waals surface area (Å²) in [6, 6.07) is 127. The third kappa shape index (κ3) is 14.4. The molecule has 0 radical (unpaired) electrons. The molecule has 1 fully saturated rings. The molecule has 0 saturated heterocycles. The number of aromatic nitrogens is 3. The summed E-state index contributed by atoms with van der Waals surface area (Å²) in [5.74, 6) is -29.7. The summed E-state index contributed by atoms with van der Waals surface area (Å²) >= 11 is 0. The van der Waals surface area contributed by atoms with Gasteiger partial charge in [-0.25, -0.2) is 62.4 Å². The maximum atomic E-state index is 15.0. The normalized spacial score (nSPS) is 13.2. The maximum Gasteiger partial charge on any atom is 0.262 e. The van der Waals surface area contributed by atoms with E-state index < -0.39 is 137 Å². The van der Waals surface area contributed by atoms with Crippen molar-refractivity contribution in [2.24, 2.45) is 0 Å². The lowest BCUT2D eigenvalue weighted by Crippen LogP contribution is -2.16. The van der Waals surface area contributed by atoms with Crippen LogP contribution in [0, 0.1) is 128 Å². The smallest absolute Gasteiger partial charge is 0.262 e. The molecule has 0 atom stereocenters. The zero-order valence-corrected chi connectivity index (χ0v) is 72.8. The van der Waals surface area contributed by atoms with E-state index in [0.29, 0.717) is 0 Å². The number of hydrogen-bond acceptors (Lipinski definition) is 5. The summed E-state index contributed by atoms with van der Waals surface area (Å²) in [6.45, 7) is 18.8. The summed E-state index contributed by atoms with van der Waals surface area (Å²) < 4.78 is 185. The number of halogens is 12. The molecule has 0 N–H and O–H groups in total. The van der Waals surface area contributed by atoms with E-state index in [9.17, 15) is 36.9 Å². The first kappa shape index (κ1) is 88.2. The topological polar surface area (TPSA) is 122 Å². The summed E-state index contributed by atoms with van der Waals surface area (Å²) in [4.78, 5) is 7.24. The van der Waals surface area contributed by atoms with E-state index >= 15 is 26.3 Å². The second kappa shape index (κ2) is 35.3. The minimum absolute atomic E-state index is 0.0864. The molecule has 664 valence electrons. The number of anilines is 3. The van der Waals surface area contributed by atoms with Crippen LogP contribution in [0.4, 0.5) is 75.4 Å². The first-order valence-corrected chi connectivity index (χ1v) is 43.3. The molecule has 3 heterocycles. The van der Waals surface area contributed by atoms with Gasteiger partial charge in [0.05, 0.1) is 85.5 Å². The van der Waals surface area contributed by atoms with Crippen molar-refractivity contribution < 1.29 is 52.7 Å². The Labute approximate surface area is 785 Å². The van der Waals surface area contributed by atoms with Crippen molar-refractivity contribution in [1.82, 2.24) is 13.7 Å². The van der Waals surface area contributed by atoms with Gasteiger partial charge in [0.1, 0.15) is 35.4 Å². The molecule has 139 heavy (non-hydrogen) atoms. The lowest BCUT2D eigenvalue weighted by Gasteiger charge is -2.28. The lowest BCUT2D eigenvalue weighted by molar-refractivity contribution is 0.446. The lowest BCUT2D eigenvalue weighted by atomic mass is 9.82. The molecule has 0 unspecified atom stereocenters. The van der Waals surface area contributed by atoms with Crippen molar-refractivity contribution in [3.05, 3.63) is 488 Å². The van der Waals surface area contributed by atoms with Crippen molar-refractivity contribution in [3.8, 4) is 85.8 Å². The second-order valence-electron chi connectivity index (χ2n) is 33.3. The van der Waals surface area contributed by atoms with Crippen LogP contribution in [-0.4, -0.2) is 13.7 Å². The SMILES string of the molecule is CC1(C)c2ccccc2-c2ccc(N(c3ccc(-c4ccccc4)cc3)c3ccc(-c4ccc5c(c4)c4ccccc4n5-c4ccccc4)cc3)cc21.[C-]#[N+]C(=C1C(=C(C#N)c2c(F)c(F)c(C#N)c(F)c2F)C1=C(C#N)c1c(F)c(F)c([N+]#[C-])c(F)c1F)c1c(F)c(F)c(C#N)c(F)c1F.c1ccc(-n2c3ccccc3c3ccccc32)c(-c2ccccc2-n2c3ccccc3c3ccccc32)c1. The Morgan fingerprint density at radius 1 is 0.295 bits per heavy atom. The first-order valence-electron chi connectivity index (χ1n) is 43.3. The van der Waals surface area contributed by atoms with Gasteiger partial charge in [-0.15, -0.1) is 0 Å². The molecule has 0 bridgehead atoms. The number of nitrogens with zero attached hydrogens (tertiary/aromatic N) is 10. The quantitative estimate of drug-likeness (QED) is 0.0522. The number of allylic oxidation sites excluding steroid dienone is 5. The molecule has 0 amide bonds. The van der Waals surface area contributed by atoms with Crippen LogP contribution < -0.4 is 4.90 Å². The van der Waals surface area contributed by atoms with Crippen molar-refractivity contribution in [2.45, 2.75) is 19.3 Å². The minimum Gasteiger partial charge on any atom is -0.310 e. The zero-order chi connectivity index (χ0) is 96.7. The van der Waals surface area contributed by atoms with Gasteiger partial charge in [0.25, 0.3) is 5.69 Å². The number of nitriles is 4. The molecule has 20 aromatic rings. The number of benzene rings is 17. The number of rotatable bonds is 12. The summed E-state index contributed by atoms with van der Waals surface area (Å²) in [7, 11) is 0. The van der Waals surface area contributed by atoms with Crippen LogP contribution in [0.25, 0.3) is 154 Å². The Kier molecular flexibility index (Phi) is 22.4. The molecule has 0 spiro atoms. The van der Waals surface area contributed by atoms with Crippen molar-refractivity contribution in [1.29, 1.82) is 21.0 Å². The third-order valence-corrected chi connectivity index (χ3v) is 25.5. The summed E-state index contributed by atoms with van der Waals surface area (Å²) in [6.07, 6.45) is 0. The average molecular weight is 1840 g/mol. The highest BCUT2D eigenvalue weighted by molar-refractivity contribution is 6.15. The monoisotopic (exact) mass is 1830 g/mol. The van der Waals surface area contributed by atoms with Crippen LogP contribution in [0.5, 0.6) is 0 Å². The molecular weight excluding hydrogens is 1770 g/mol. The van der Waals surface area contributed by atoms with E-state index in [4.69, 9.17) is 23.7 Å². The van der Waals surface area contributed by atoms with E-state index in [1.165, 1.54) is 138 Å². The van der Waals surface area contributed by atoms with Gasteiger partial charge in [-0.3, -0.25) is 0 Å². The molecule has 17 aromatic carbocycles. The van der Waals surface area contributed by atoms with Gasteiger partial charge in [0.2, 0.25) is 5.70 Å². The standard InChI is InChI=1S/C51H38N2.C36H24N2.C30F12N6/c1-51(2)47-19-11-9-17-43(47)44-31-30-42(34-48(44)51)52(40-26-21-36(22-27-40)35-13-5-3-6-14-35)41-28-23-37(24-29-41)38-25-32-50-46(33-38)45-18-10-12-20-49(45)53(50)39-15-7-4-8-16-39;1-7-19-31-25(13-1)26-14-2-8-20-32(26)37(31)35-23-11-5-17-29(35)30-18-6-12-24-36(30)38-33-21-9-3-15-27(33)28-16-4-10-22-34(28)38;1-47-29(16-25(39)19(33)10(6-46)20(34)26(16)40)15-11(7(3-43)13-21(35)17(31)9(5-45)18(32)22(13)36)12(15)8(4-44)14-23(37)27(41)30(48-2)28(42)24(14)38/h3-34H,1-2H3;1-24H;. The Bertz CT molecular complexity index is 8390. The predicted octanol–water partition coefficient (Wildman–Crippen LogP) is 31.7. The van der Waals surface area contributed by atoms with E-state index in [2.05, 4.69) is 382 Å². The van der Waals surface area contributed by atoms with Gasteiger partial charge in [-0.05, 0) is 164 Å². The van der Waals surface area contributed by atoms with Crippen LogP contribution in [0.15, 0.2) is 356 Å². The van der Waals surface area contributed by atoms with Gasteiger partial charge in [-0.1, -0.05) is 250 Å². The van der Waals surface area contributed by atoms with Gasteiger partial charge in [0.15, 0.2) is 69.8 Å². The van der Waals surface area contributed by atoms with E-state index in [1.807, 2.05) is 0 Å². The molecular formula is C117H62F12N10. The highest BCUT2D eigenvalue weighted by Crippen LogP contribution is 2.59. The fourth-order valence-corrected chi connectivity index (χ4v) is 19.1. The van der Waals surface area contributed by atoms with Crippen LogP contribution in [0.2, 0.25) is 0 Å². The fraction of sp³-hybridized carbons (Fsp3) is 0.0256. The first-order chi connectivity index (χ1) is 67.6. The Balaban J connectivity index is 0.000000130. The van der Waals surface area contributed by atoms with Gasteiger partial charge in [-0.2, -0.15) is 21.0 Å². The Hall–Kier alpha value is -18.7. The highest BCUT2D eigenvalue weighted by atomic mass is 19.2. The van der Waals surface area contributed by atoms with Crippen molar-refractivity contribution in [3.63, 3.8) is 0 Å². The maximum absolute atomic E-state index is 15.0. The van der Waals surface area contributed by atoms with Crippen molar-refractivity contribution in [2.75, 3.05) is 4.90 Å². The molecule has 22 heteroatoms. The van der Waals surface area contributed by atoms with E-state index in [0.717, 1.165) is 41.3 Å². The number of para-hydroxylation sites is 8. The van der Waals surface area contributed by atoms with Gasteiger partial charge >= 0.3 is 0 Å². The molecule has 1 saturated carbocycles. The molecule has 0 aliphatic heterocycles. The zero-order valence-electron chi connectivity index (χ0n) is 72.8. The number of fused-ring (bicyclic) bond motifs is 12. The van der Waals surface area contributed by atoms with Crippen molar-refractivity contribution >= 4 is 105 Å². The van der Waals surface area contributed by atoms with Crippen LogP contribution >= 0.6 is 0 Å². The van der Waals surface area contributed by atoms with Crippen LogP contribution in [-0.2, 0) is 5.41 Å². The van der Waals surface area contributed by atoms with Gasteiger partial charge in [0, 0.05) is 71.6 Å². The van der Waals surface area contributed by atoms with E-state index in [-0.39, 0.29) is 5.41 Å². The van der Waals surface area contributed by atoms with Crippen LogP contribution in [0.1, 0.15) is 52.8 Å². The highest BCUT2D eigenvalue weighted by Gasteiger charge is 2.47. The minimum atomic E-state index is -2.52. The van der Waals surface area contributed by atoms with Gasteiger partial charge < -0.3 is 18.6 Å². The molecule has 2 aliphatic carbocycles. The number of hydrogen-bond donors (Lipinski definition) is 0. The van der Waals surface area contributed by atoms with E-state index in [1.54, 1.807) is 0 Å². The Morgan fingerprint density at radius 3 is 1.06 bits per heavy atom. The van der Waals surface area contributed by atoms with Crippen LogP contribution in [0.3, 0.4) is 0 Å². The average Bonchev–Trinajstić information content (AvgIpc) is 1.54. The summed E-state index contributed by atoms with van der Waals surface area (Å²) in [5, 5.41) is 44.9. The predicted molar refractivity (Wildman–Crippen MR) is 518 cm³/mol. The second-order valence-corrected chi connectivity index (χ2v) is 33.3. The summed E-state index contributed by atoms with van der Waals surface area (Å²) in [5.41, 5.74) is 5.42. The molecule has 10 nitrogen and oxygen atoms in total. The largest absolute Gasteiger partial charge is 0.310 e. The molecule has 2 aliphatic rings. The fourth-order valence-electron chi connectivity index (χ4n) is 19.1. The third-order valence-electron chi connectivity index (χ3n) is 25.5. The molecule has 3 aromatic heterocycles.